The van der Waals surface area contributed by atoms with Crippen molar-refractivity contribution in [3.8, 4) is 0 Å². The Labute approximate surface area is 165 Å². The van der Waals surface area contributed by atoms with Crippen molar-refractivity contribution in [3.63, 3.8) is 0 Å². The summed E-state index contributed by atoms with van der Waals surface area (Å²) in [6.45, 7) is 3.17. The topological polar surface area (TPSA) is 74.3 Å². The molecular formula is C19H20N4O2S2. The Balaban J connectivity index is 1.32. The van der Waals surface area contributed by atoms with Crippen LogP contribution in [0.25, 0.3) is 10.2 Å². The lowest BCUT2D eigenvalue weighted by molar-refractivity contribution is -0.121. The number of piperidine rings is 1. The fourth-order valence-corrected chi connectivity index (χ4v) is 4.78. The van der Waals surface area contributed by atoms with Gasteiger partial charge in [0.25, 0.3) is 0 Å². The monoisotopic (exact) mass is 400 g/mol. The summed E-state index contributed by atoms with van der Waals surface area (Å²) < 4.78 is 1.07. The van der Waals surface area contributed by atoms with Crippen LogP contribution < -0.4 is 10.6 Å². The van der Waals surface area contributed by atoms with E-state index in [1.807, 2.05) is 42.6 Å². The molecule has 3 aromatic rings. The summed E-state index contributed by atoms with van der Waals surface area (Å²) in [4.78, 5) is 31.2. The standard InChI is InChI=1S/C19H20N4O2S2/c1-12-4-2-5-14-16(12)21-18(27-14)22-17(24)13-7-9-23(10-8-13)19(25)20-15-6-3-11-26-15/h2-6,11,13H,7-10H2,1H3,(H,20,25)(H,21,22,24). The Morgan fingerprint density at radius 1 is 1.15 bits per heavy atom. The van der Waals surface area contributed by atoms with Crippen LogP contribution >= 0.6 is 22.7 Å². The Hall–Kier alpha value is -2.45. The van der Waals surface area contributed by atoms with E-state index < -0.39 is 0 Å². The van der Waals surface area contributed by atoms with Crippen molar-refractivity contribution in [1.29, 1.82) is 0 Å². The number of rotatable bonds is 3. The maximum absolute atomic E-state index is 12.6. The lowest BCUT2D eigenvalue weighted by Crippen LogP contribution is -2.43. The largest absolute Gasteiger partial charge is 0.324 e. The molecule has 4 rings (SSSR count). The maximum Gasteiger partial charge on any atom is 0.322 e. The van der Waals surface area contributed by atoms with Crippen LogP contribution in [-0.2, 0) is 4.79 Å². The Morgan fingerprint density at radius 2 is 1.96 bits per heavy atom. The molecule has 0 unspecified atom stereocenters. The number of aromatic nitrogens is 1. The molecule has 8 heteroatoms. The molecule has 1 aliphatic heterocycles. The molecule has 27 heavy (non-hydrogen) atoms. The van der Waals surface area contributed by atoms with E-state index in [1.54, 1.807) is 4.90 Å². The number of nitrogens with one attached hydrogen (secondary N) is 2. The molecule has 3 heterocycles. The number of anilines is 2. The Morgan fingerprint density at radius 3 is 2.67 bits per heavy atom. The minimum absolute atomic E-state index is 0.00924. The van der Waals surface area contributed by atoms with E-state index in [4.69, 9.17) is 0 Å². The molecule has 2 aromatic heterocycles. The molecule has 140 valence electrons. The number of nitrogens with zero attached hydrogens (tertiary/aromatic N) is 2. The van der Waals surface area contributed by atoms with Gasteiger partial charge in [-0.15, -0.1) is 11.3 Å². The fourth-order valence-electron chi connectivity index (χ4n) is 3.23. The first-order valence-corrected chi connectivity index (χ1v) is 10.6. The molecular weight excluding hydrogens is 380 g/mol. The van der Waals surface area contributed by atoms with E-state index in [9.17, 15) is 9.59 Å². The van der Waals surface area contributed by atoms with Gasteiger partial charge in [0.2, 0.25) is 5.91 Å². The third kappa shape index (κ3) is 3.96. The van der Waals surface area contributed by atoms with E-state index in [-0.39, 0.29) is 17.9 Å². The third-order valence-electron chi connectivity index (χ3n) is 4.76. The van der Waals surface area contributed by atoms with Crippen molar-refractivity contribution in [2.24, 2.45) is 5.92 Å². The Bertz CT molecular complexity index is 959. The summed E-state index contributed by atoms with van der Waals surface area (Å²) in [5.41, 5.74) is 2.05. The molecule has 0 bridgehead atoms. The van der Waals surface area contributed by atoms with Crippen LogP contribution in [0.1, 0.15) is 18.4 Å². The summed E-state index contributed by atoms with van der Waals surface area (Å²) in [6.07, 6.45) is 1.32. The predicted octanol–water partition coefficient (Wildman–Crippen LogP) is 4.55. The number of hydrogen-bond acceptors (Lipinski definition) is 5. The van der Waals surface area contributed by atoms with Crippen molar-refractivity contribution in [3.05, 3.63) is 41.3 Å². The summed E-state index contributed by atoms with van der Waals surface area (Å²) in [6, 6.07) is 9.71. The van der Waals surface area contributed by atoms with Gasteiger partial charge in [0, 0.05) is 19.0 Å². The van der Waals surface area contributed by atoms with Crippen molar-refractivity contribution in [2.75, 3.05) is 23.7 Å². The lowest BCUT2D eigenvalue weighted by Gasteiger charge is -2.31. The number of urea groups is 1. The number of hydrogen-bond donors (Lipinski definition) is 2. The number of benzene rings is 1. The molecule has 1 saturated heterocycles. The smallest absolute Gasteiger partial charge is 0.322 e. The molecule has 0 saturated carbocycles. The van der Waals surface area contributed by atoms with Gasteiger partial charge in [-0.3, -0.25) is 10.1 Å². The van der Waals surface area contributed by atoms with Gasteiger partial charge < -0.3 is 10.2 Å². The van der Waals surface area contributed by atoms with Gasteiger partial charge in [-0.2, -0.15) is 0 Å². The van der Waals surface area contributed by atoms with E-state index in [0.717, 1.165) is 20.8 Å². The average Bonchev–Trinajstić information content (AvgIpc) is 3.32. The van der Waals surface area contributed by atoms with Crippen molar-refractivity contribution < 1.29 is 9.59 Å². The molecule has 3 amide bonds. The van der Waals surface area contributed by atoms with Gasteiger partial charge in [0.1, 0.15) is 0 Å². The highest BCUT2D eigenvalue weighted by Gasteiger charge is 2.28. The second-order valence-corrected chi connectivity index (χ2v) is 8.58. The molecule has 1 aromatic carbocycles. The molecule has 2 N–H and O–H groups in total. The zero-order valence-corrected chi connectivity index (χ0v) is 16.5. The molecule has 0 aliphatic carbocycles. The number of thiophene rings is 1. The number of thiazole rings is 1. The van der Waals surface area contributed by atoms with E-state index in [1.165, 1.54) is 22.7 Å². The normalized spacial score (nSPS) is 15.1. The van der Waals surface area contributed by atoms with Crippen LogP contribution in [0.3, 0.4) is 0 Å². The average molecular weight is 401 g/mol. The van der Waals surface area contributed by atoms with Crippen LogP contribution in [0.5, 0.6) is 0 Å². The summed E-state index contributed by atoms with van der Waals surface area (Å²) in [7, 11) is 0. The second-order valence-electron chi connectivity index (χ2n) is 6.60. The first kappa shape index (κ1) is 17.9. The first-order chi connectivity index (χ1) is 13.1. The number of carbonyl (C=O) groups is 2. The van der Waals surface area contributed by atoms with E-state index in [2.05, 4.69) is 15.6 Å². The molecule has 0 atom stereocenters. The zero-order valence-electron chi connectivity index (χ0n) is 14.9. The SMILES string of the molecule is Cc1cccc2sc(NC(=O)C3CCN(C(=O)Nc4cccs4)CC3)nc12. The van der Waals surface area contributed by atoms with E-state index >= 15 is 0 Å². The highest BCUT2D eigenvalue weighted by Crippen LogP contribution is 2.29. The van der Waals surface area contributed by atoms with Crippen molar-refractivity contribution >= 4 is 55.0 Å². The van der Waals surface area contributed by atoms with Crippen molar-refractivity contribution in [2.45, 2.75) is 19.8 Å². The van der Waals surface area contributed by atoms with Crippen LogP contribution in [0.15, 0.2) is 35.7 Å². The molecule has 0 radical (unpaired) electrons. The third-order valence-corrected chi connectivity index (χ3v) is 6.48. The number of fused-ring (bicyclic) bond motifs is 1. The highest BCUT2D eigenvalue weighted by atomic mass is 32.1. The lowest BCUT2D eigenvalue weighted by atomic mass is 9.96. The zero-order chi connectivity index (χ0) is 18.8. The number of likely N-dealkylation sites (tertiary alicyclic amines) is 1. The van der Waals surface area contributed by atoms with Crippen LogP contribution in [0.2, 0.25) is 0 Å². The predicted molar refractivity (Wildman–Crippen MR) is 111 cm³/mol. The van der Waals surface area contributed by atoms with E-state index in [0.29, 0.717) is 31.1 Å². The summed E-state index contributed by atoms with van der Waals surface area (Å²) in [5, 5.41) is 9.26. The summed E-state index contributed by atoms with van der Waals surface area (Å²) >= 11 is 2.99. The molecule has 1 aliphatic rings. The minimum Gasteiger partial charge on any atom is -0.324 e. The maximum atomic E-state index is 12.6. The quantitative estimate of drug-likeness (QED) is 0.677. The molecule has 6 nitrogen and oxygen atoms in total. The van der Waals surface area contributed by atoms with Crippen LogP contribution in [0.4, 0.5) is 14.9 Å². The number of para-hydroxylation sites is 1. The van der Waals surface area contributed by atoms with Gasteiger partial charge in [-0.25, -0.2) is 9.78 Å². The van der Waals surface area contributed by atoms with Gasteiger partial charge in [0.05, 0.1) is 15.2 Å². The van der Waals surface area contributed by atoms with Crippen molar-refractivity contribution in [1.82, 2.24) is 9.88 Å². The Kier molecular flexibility index (Phi) is 5.09. The van der Waals surface area contributed by atoms with Gasteiger partial charge in [-0.1, -0.05) is 23.5 Å². The fraction of sp³-hybridized carbons (Fsp3) is 0.316. The van der Waals surface area contributed by atoms with Gasteiger partial charge in [-0.05, 0) is 48.9 Å². The first-order valence-electron chi connectivity index (χ1n) is 8.86. The number of carbonyl (C=O) groups excluding carboxylic acids is 2. The van der Waals surface area contributed by atoms with Crippen LogP contribution in [0, 0.1) is 12.8 Å². The minimum atomic E-state index is -0.0991. The summed E-state index contributed by atoms with van der Waals surface area (Å²) in [5.74, 6) is -0.103. The molecule has 0 spiro atoms. The number of amides is 3. The second kappa shape index (κ2) is 7.66. The van der Waals surface area contributed by atoms with Gasteiger partial charge in [0.15, 0.2) is 5.13 Å². The van der Waals surface area contributed by atoms with Crippen LogP contribution in [-0.4, -0.2) is 34.9 Å². The number of aryl methyl sites for hydroxylation is 1. The molecule has 1 fully saturated rings. The van der Waals surface area contributed by atoms with Gasteiger partial charge >= 0.3 is 6.03 Å². The highest BCUT2D eigenvalue weighted by molar-refractivity contribution is 7.22.